The number of nitrogens with zero attached hydrogens (tertiary/aromatic N) is 1. The Morgan fingerprint density at radius 3 is 2.41 bits per heavy atom. The first-order chi connectivity index (χ1) is 10.7. The minimum atomic E-state index is -0.0729. The number of hydrogen-bond acceptors (Lipinski definition) is 2. The highest BCUT2D eigenvalue weighted by Crippen LogP contribution is 2.29. The molecular formula is C16H14Cl2N3O+. The molecule has 0 aliphatic carbocycles. The summed E-state index contributed by atoms with van der Waals surface area (Å²) in [5, 5.41) is 4.13. The Labute approximate surface area is 138 Å². The fourth-order valence-corrected chi connectivity index (χ4v) is 2.77. The van der Waals surface area contributed by atoms with E-state index in [1.165, 1.54) is 0 Å². The molecule has 4 nitrogen and oxygen atoms in total. The molecule has 112 valence electrons. The molecular weight excluding hydrogens is 321 g/mol. The second kappa shape index (κ2) is 6.38. The number of carbonyl (C=O) groups excluding carboxylic acids is 1. The van der Waals surface area contributed by atoms with Crippen molar-refractivity contribution >= 4 is 40.8 Å². The summed E-state index contributed by atoms with van der Waals surface area (Å²) in [6, 6.07) is 14.4. The van der Waals surface area contributed by atoms with E-state index in [0.717, 1.165) is 0 Å². The first kappa shape index (κ1) is 14.9. The Bertz CT molecular complexity index is 711. The molecule has 1 aliphatic heterocycles. The third kappa shape index (κ3) is 2.93. The van der Waals surface area contributed by atoms with E-state index in [1.807, 2.05) is 18.2 Å². The van der Waals surface area contributed by atoms with Gasteiger partial charge in [0.1, 0.15) is 12.2 Å². The van der Waals surface area contributed by atoms with E-state index >= 15 is 0 Å². The summed E-state index contributed by atoms with van der Waals surface area (Å²) in [7, 11) is 0. The Morgan fingerprint density at radius 2 is 1.73 bits per heavy atom. The maximum Gasteiger partial charge on any atom is 0.358 e. The van der Waals surface area contributed by atoms with Crippen LogP contribution in [0.5, 0.6) is 0 Å². The smallest absolute Gasteiger partial charge is 0.274 e. The Kier molecular flexibility index (Phi) is 4.32. The van der Waals surface area contributed by atoms with Crippen LogP contribution in [0.3, 0.4) is 0 Å². The third-order valence-corrected chi connectivity index (χ3v) is 4.00. The van der Waals surface area contributed by atoms with Crippen LogP contribution in [0.25, 0.3) is 0 Å². The van der Waals surface area contributed by atoms with Crippen LogP contribution in [0, 0.1) is 0 Å². The first-order valence-electron chi connectivity index (χ1n) is 6.85. The van der Waals surface area contributed by atoms with Gasteiger partial charge in [-0.2, -0.15) is 4.90 Å². The monoisotopic (exact) mass is 334 g/mol. The Hall–Kier alpha value is -2.04. The molecule has 1 heterocycles. The van der Waals surface area contributed by atoms with E-state index in [2.05, 4.69) is 10.3 Å². The number of carbonyl (C=O) groups is 1. The van der Waals surface area contributed by atoms with Crippen molar-refractivity contribution in [3.63, 3.8) is 0 Å². The van der Waals surface area contributed by atoms with Crippen molar-refractivity contribution < 1.29 is 9.79 Å². The summed E-state index contributed by atoms with van der Waals surface area (Å²) < 4.78 is 0. The van der Waals surface area contributed by atoms with Crippen LogP contribution in [0.2, 0.25) is 10.0 Å². The number of amides is 1. The predicted molar refractivity (Wildman–Crippen MR) is 88.4 cm³/mol. The SMILES string of the molecule is O=C(c1ccccc1)N1CC[NH+]=C1Nc1c(Cl)cccc1Cl. The van der Waals surface area contributed by atoms with Gasteiger partial charge < -0.3 is 0 Å². The Balaban J connectivity index is 1.84. The first-order valence-corrected chi connectivity index (χ1v) is 7.61. The molecule has 0 radical (unpaired) electrons. The van der Waals surface area contributed by atoms with Crippen molar-refractivity contribution in [1.29, 1.82) is 0 Å². The number of para-hydroxylation sites is 1. The lowest BCUT2D eigenvalue weighted by atomic mass is 10.2. The van der Waals surface area contributed by atoms with Gasteiger partial charge in [-0.25, -0.2) is 5.32 Å². The van der Waals surface area contributed by atoms with E-state index in [1.54, 1.807) is 35.2 Å². The van der Waals surface area contributed by atoms with Gasteiger partial charge in [-0.1, -0.05) is 47.5 Å². The molecule has 0 aromatic heterocycles. The second-order valence-corrected chi connectivity index (χ2v) is 5.63. The lowest BCUT2D eigenvalue weighted by Gasteiger charge is -2.13. The molecule has 1 amide bonds. The molecule has 0 saturated heterocycles. The van der Waals surface area contributed by atoms with Crippen molar-refractivity contribution in [3.8, 4) is 0 Å². The highest BCUT2D eigenvalue weighted by Gasteiger charge is 2.32. The quantitative estimate of drug-likeness (QED) is 0.882. The summed E-state index contributed by atoms with van der Waals surface area (Å²) in [6.45, 7) is 1.25. The number of anilines is 1. The van der Waals surface area contributed by atoms with Crippen molar-refractivity contribution in [2.75, 3.05) is 18.4 Å². The van der Waals surface area contributed by atoms with E-state index in [0.29, 0.717) is 40.3 Å². The van der Waals surface area contributed by atoms with Gasteiger partial charge in [0.2, 0.25) is 0 Å². The van der Waals surface area contributed by atoms with Crippen LogP contribution in [0.15, 0.2) is 48.5 Å². The van der Waals surface area contributed by atoms with Crippen LogP contribution in [0.4, 0.5) is 5.69 Å². The minimum absolute atomic E-state index is 0.0729. The number of guanidine groups is 1. The molecule has 0 saturated carbocycles. The third-order valence-electron chi connectivity index (χ3n) is 3.37. The van der Waals surface area contributed by atoms with Crippen LogP contribution >= 0.6 is 23.2 Å². The molecule has 1 aliphatic rings. The highest BCUT2D eigenvalue weighted by molar-refractivity contribution is 6.39. The van der Waals surface area contributed by atoms with Crippen LogP contribution < -0.4 is 10.3 Å². The van der Waals surface area contributed by atoms with Crippen molar-refractivity contribution in [1.82, 2.24) is 4.90 Å². The second-order valence-electron chi connectivity index (χ2n) is 4.82. The zero-order chi connectivity index (χ0) is 15.5. The minimum Gasteiger partial charge on any atom is -0.274 e. The van der Waals surface area contributed by atoms with Crippen LogP contribution in [-0.4, -0.2) is 29.9 Å². The van der Waals surface area contributed by atoms with E-state index in [-0.39, 0.29) is 5.91 Å². The van der Waals surface area contributed by atoms with Gasteiger partial charge in [-0.05, 0) is 24.3 Å². The summed E-state index contributed by atoms with van der Waals surface area (Å²) in [5.41, 5.74) is 1.22. The molecule has 0 spiro atoms. The highest BCUT2D eigenvalue weighted by atomic mass is 35.5. The van der Waals surface area contributed by atoms with E-state index in [9.17, 15) is 4.79 Å². The zero-order valence-electron chi connectivity index (χ0n) is 11.6. The molecule has 2 N–H and O–H groups in total. The fourth-order valence-electron chi connectivity index (χ4n) is 2.28. The molecule has 3 rings (SSSR count). The zero-order valence-corrected chi connectivity index (χ0v) is 13.2. The van der Waals surface area contributed by atoms with Crippen molar-refractivity contribution in [2.24, 2.45) is 0 Å². The molecule has 6 heteroatoms. The Morgan fingerprint density at radius 1 is 1.05 bits per heavy atom. The molecule has 2 aromatic carbocycles. The average molecular weight is 335 g/mol. The van der Waals surface area contributed by atoms with Gasteiger partial charge in [0.15, 0.2) is 0 Å². The average Bonchev–Trinajstić information content (AvgIpc) is 2.99. The fraction of sp³-hybridized carbons (Fsp3) is 0.125. The van der Waals surface area contributed by atoms with Gasteiger partial charge >= 0.3 is 11.9 Å². The van der Waals surface area contributed by atoms with Crippen molar-refractivity contribution in [3.05, 3.63) is 64.1 Å². The maximum absolute atomic E-state index is 12.6. The molecule has 0 bridgehead atoms. The number of nitrogens with one attached hydrogen (secondary N) is 2. The van der Waals surface area contributed by atoms with Gasteiger partial charge in [0, 0.05) is 0 Å². The standard InChI is InChI=1S/C16H13Cl2N3O/c17-12-7-4-8-13(18)14(12)20-16-19-9-10-21(16)15(22)11-5-2-1-3-6-11/h1-8H,9-10H2,(H,19,20)/p+1. The van der Waals surface area contributed by atoms with Gasteiger partial charge in [-0.15, -0.1) is 0 Å². The predicted octanol–water partition coefficient (Wildman–Crippen LogP) is 2.00. The van der Waals surface area contributed by atoms with E-state index < -0.39 is 0 Å². The largest absolute Gasteiger partial charge is 0.358 e. The molecule has 0 atom stereocenters. The summed E-state index contributed by atoms with van der Waals surface area (Å²) in [4.78, 5) is 17.4. The number of benzene rings is 2. The number of rotatable bonds is 2. The topological polar surface area (TPSA) is 46.3 Å². The lowest BCUT2D eigenvalue weighted by Crippen LogP contribution is -2.72. The van der Waals surface area contributed by atoms with Gasteiger partial charge in [-0.3, -0.25) is 9.79 Å². The molecule has 22 heavy (non-hydrogen) atoms. The summed E-state index contributed by atoms with van der Waals surface area (Å²) in [5.74, 6) is 0.514. The molecule has 2 aromatic rings. The molecule has 0 unspecified atom stereocenters. The van der Waals surface area contributed by atoms with Gasteiger partial charge in [0.05, 0.1) is 22.2 Å². The molecule has 0 fully saturated rings. The van der Waals surface area contributed by atoms with Crippen LogP contribution in [0.1, 0.15) is 10.4 Å². The summed E-state index contributed by atoms with van der Waals surface area (Å²) >= 11 is 12.3. The van der Waals surface area contributed by atoms with Crippen LogP contribution in [-0.2, 0) is 0 Å². The summed E-state index contributed by atoms with van der Waals surface area (Å²) in [6.07, 6.45) is 0. The normalized spacial score (nSPS) is 13.9. The maximum atomic E-state index is 12.6. The lowest BCUT2D eigenvalue weighted by molar-refractivity contribution is -0.444. The van der Waals surface area contributed by atoms with E-state index in [4.69, 9.17) is 23.2 Å². The van der Waals surface area contributed by atoms with Crippen molar-refractivity contribution in [2.45, 2.75) is 0 Å². The number of hydrogen-bond donors (Lipinski definition) is 2. The number of halogens is 2. The van der Waals surface area contributed by atoms with Gasteiger partial charge in [0.25, 0.3) is 0 Å².